The quantitative estimate of drug-likeness (QED) is 0.503. The van der Waals surface area contributed by atoms with Crippen LogP contribution in [0.15, 0.2) is 42.9 Å². The first-order valence-corrected chi connectivity index (χ1v) is 11.7. The maximum Gasteiger partial charge on any atom is 0.233 e. The van der Waals surface area contributed by atoms with Gasteiger partial charge in [0.1, 0.15) is 11.5 Å². The van der Waals surface area contributed by atoms with Crippen LogP contribution >= 0.6 is 0 Å². The molecule has 4 rings (SSSR count). The van der Waals surface area contributed by atoms with Crippen LogP contribution in [-0.4, -0.2) is 48.2 Å². The Labute approximate surface area is 181 Å². The van der Waals surface area contributed by atoms with E-state index in [4.69, 9.17) is 0 Å². The zero-order valence-corrected chi connectivity index (χ0v) is 18.1. The highest BCUT2D eigenvalue weighted by Crippen LogP contribution is 2.22. The third-order valence-corrected chi connectivity index (χ3v) is 6.16. The number of hydrogen-bond acceptors (Lipinski definition) is 9. The lowest BCUT2D eigenvalue weighted by molar-refractivity contribution is 0.599. The highest BCUT2D eigenvalue weighted by molar-refractivity contribution is 7.92. The minimum atomic E-state index is -3.45. The van der Waals surface area contributed by atoms with Crippen LogP contribution in [0.2, 0.25) is 0 Å². The number of rotatable bonds is 7. The minimum absolute atomic E-state index is 0.255. The molecule has 0 unspecified atom stereocenters. The van der Waals surface area contributed by atoms with Crippen LogP contribution in [-0.2, 0) is 29.5 Å². The van der Waals surface area contributed by atoms with E-state index in [2.05, 4.69) is 48.0 Å². The van der Waals surface area contributed by atoms with E-state index in [1.165, 1.54) is 30.6 Å². The summed E-state index contributed by atoms with van der Waals surface area (Å²) in [6, 6.07) is 7.99. The van der Waals surface area contributed by atoms with Gasteiger partial charge in [0.25, 0.3) is 0 Å². The summed E-state index contributed by atoms with van der Waals surface area (Å²) in [6.07, 6.45) is 6.76. The molecule has 1 aromatic carbocycles. The molecule has 0 bridgehead atoms. The molecule has 1 aliphatic rings. The van der Waals surface area contributed by atoms with Crippen LogP contribution < -0.4 is 20.3 Å². The Kier molecular flexibility index (Phi) is 5.96. The van der Waals surface area contributed by atoms with E-state index in [0.29, 0.717) is 17.5 Å². The Morgan fingerprint density at radius 3 is 2.77 bits per heavy atom. The van der Waals surface area contributed by atoms with Crippen molar-refractivity contribution < 1.29 is 8.42 Å². The smallest absolute Gasteiger partial charge is 0.233 e. The van der Waals surface area contributed by atoms with Crippen molar-refractivity contribution in [2.75, 3.05) is 34.8 Å². The topological polar surface area (TPSA) is 125 Å². The molecule has 0 saturated heterocycles. The minimum Gasteiger partial charge on any atom is -0.364 e. The molecule has 162 valence electrons. The predicted octanol–water partition coefficient (Wildman–Crippen LogP) is 1.66. The molecule has 11 heteroatoms. The number of nitrogens with one attached hydrogen (secondary N) is 3. The van der Waals surface area contributed by atoms with Crippen molar-refractivity contribution in [2.45, 2.75) is 19.5 Å². The largest absolute Gasteiger partial charge is 0.364 e. The lowest BCUT2D eigenvalue weighted by Gasteiger charge is -2.18. The molecule has 0 aliphatic carbocycles. The van der Waals surface area contributed by atoms with Gasteiger partial charge in [-0.25, -0.2) is 18.4 Å². The van der Waals surface area contributed by atoms with Crippen molar-refractivity contribution in [1.82, 2.24) is 25.3 Å². The SMILES string of the molecule is CN(c1nccnc1CNc1ccnc(Nc2ccc3c(c2)CCNC3)n1)S(C)(=O)=O. The Morgan fingerprint density at radius 1 is 1.10 bits per heavy atom. The average Bonchev–Trinajstić information content (AvgIpc) is 2.77. The van der Waals surface area contributed by atoms with Gasteiger partial charge in [-0.3, -0.25) is 9.29 Å². The van der Waals surface area contributed by atoms with E-state index in [-0.39, 0.29) is 12.4 Å². The van der Waals surface area contributed by atoms with Gasteiger partial charge >= 0.3 is 0 Å². The number of hydrogen-bond donors (Lipinski definition) is 3. The average molecular weight is 441 g/mol. The summed E-state index contributed by atoms with van der Waals surface area (Å²) in [5.41, 5.74) is 4.06. The molecule has 1 aliphatic heterocycles. The Bertz CT molecular complexity index is 1190. The maximum atomic E-state index is 11.9. The second-order valence-corrected chi connectivity index (χ2v) is 9.23. The molecule has 0 spiro atoms. The van der Waals surface area contributed by atoms with Crippen molar-refractivity contribution in [1.29, 1.82) is 0 Å². The van der Waals surface area contributed by atoms with Crippen molar-refractivity contribution in [3.63, 3.8) is 0 Å². The van der Waals surface area contributed by atoms with Gasteiger partial charge < -0.3 is 16.0 Å². The monoisotopic (exact) mass is 440 g/mol. The van der Waals surface area contributed by atoms with Gasteiger partial charge in [0.2, 0.25) is 16.0 Å². The molecule has 0 atom stereocenters. The summed E-state index contributed by atoms with van der Waals surface area (Å²) in [5, 5.41) is 9.77. The van der Waals surface area contributed by atoms with Crippen LogP contribution in [0.5, 0.6) is 0 Å². The van der Waals surface area contributed by atoms with E-state index in [0.717, 1.165) is 35.8 Å². The van der Waals surface area contributed by atoms with E-state index in [9.17, 15) is 8.42 Å². The Morgan fingerprint density at radius 2 is 1.94 bits per heavy atom. The third-order valence-electron chi connectivity index (χ3n) is 4.99. The zero-order chi connectivity index (χ0) is 21.8. The first-order valence-electron chi connectivity index (χ1n) is 9.80. The molecule has 0 radical (unpaired) electrons. The third kappa shape index (κ3) is 5.06. The Balaban J connectivity index is 1.47. The first kappa shape index (κ1) is 20.9. The number of fused-ring (bicyclic) bond motifs is 1. The van der Waals surface area contributed by atoms with Gasteiger partial charge in [-0.05, 0) is 42.3 Å². The molecule has 3 N–H and O–H groups in total. The number of nitrogens with zero attached hydrogens (tertiary/aromatic N) is 5. The van der Waals surface area contributed by atoms with Crippen molar-refractivity contribution in [3.05, 3.63) is 59.7 Å². The summed E-state index contributed by atoms with van der Waals surface area (Å²) < 4.78 is 24.8. The van der Waals surface area contributed by atoms with Crippen LogP contribution in [0.3, 0.4) is 0 Å². The van der Waals surface area contributed by atoms with Crippen molar-refractivity contribution in [2.24, 2.45) is 0 Å². The molecule has 31 heavy (non-hydrogen) atoms. The highest BCUT2D eigenvalue weighted by atomic mass is 32.2. The summed E-state index contributed by atoms with van der Waals surface area (Å²) in [5.74, 6) is 1.32. The van der Waals surface area contributed by atoms with Crippen LogP contribution in [0.4, 0.5) is 23.3 Å². The zero-order valence-electron chi connectivity index (χ0n) is 17.3. The van der Waals surface area contributed by atoms with Gasteiger partial charge in [0.05, 0.1) is 12.8 Å². The summed E-state index contributed by atoms with van der Waals surface area (Å²) in [4.78, 5) is 17.2. The van der Waals surface area contributed by atoms with Crippen molar-refractivity contribution in [3.8, 4) is 0 Å². The molecule has 0 fully saturated rings. The van der Waals surface area contributed by atoms with Crippen molar-refractivity contribution >= 4 is 33.3 Å². The van der Waals surface area contributed by atoms with Gasteiger partial charge in [0.15, 0.2) is 5.82 Å². The standard InChI is InChI=1S/C20H24N8O2S/c1-28(31(2,29)30)19-17(22-9-10-23-19)13-25-18-6-8-24-20(27-18)26-16-4-3-15-12-21-7-5-14(15)11-16/h3-4,6,8-11,21H,5,7,12-13H2,1-2H3,(H2,24,25,26,27). The molecular formula is C20H24N8O2S. The normalized spacial score (nSPS) is 13.4. The second kappa shape index (κ2) is 8.82. The van der Waals surface area contributed by atoms with Gasteiger partial charge in [-0.1, -0.05) is 6.07 Å². The molecule has 3 aromatic rings. The summed E-state index contributed by atoms with van der Waals surface area (Å²) >= 11 is 0. The van der Waals surface area contributed by atoms with Gasteiger partial charge in [-0.2, -0.15) is 4.98 Å². The second-order valence-electron chi connectivity index (χ2n) is 7.21. The predicted molar refractivity (Wildman–Crippen MR) is 120 cm³/mol. The molecule has 0 amide bonds. The maximum absolute atomic E-state index is 11.9. The Hall–Kier alpha value is -3.31. The van der Waals surface area contributed by atoms with Crippen LogP contribution in [0, 0.1) is 0 Å². The van der Waals surface area contributed by atoms with Gasteiger partial charge in [-0.15, -0.1) is 0 Å². The first-order chi connectivity index (χ1) is 14.9. The summed E-state index contributed by atoms with van der Waals surface area (Å²) in [7, 11) is -2.00. The fraction of sp³-hybridized carbons (Fsp3) is 0.300. The van der Waals surface area contributed by atoms with Gasteiger partial charge in [0, 0.05) is 37.9 Å². The number of sulfonamides is 1. The fourth-order valence-corrected chi connectivity index (χ4v) is 3.75. The van der Waals surface area contributed by atoms with Crippen LogP contribution in [0.25, 0.3) is 0 Å². The number of anilines is 4. The molecule has 2 aromatic heterocycles. The number of benzene rings is 1. The molecular weight excluding hydrogens is 416 g/mol. The highest BCUT2D eigenvalue weighted by Gasteiger charge is 2.18. The fourth-order valence-electron chi connectivity index (χ4n) is 3.28. The number of aromatic nitrogens is 4. The lowest BCUT2D eigenvalue weighted by Crippen LogP contribution is -2.27. The van der Waals surface area contributed by atoms with E-state index >= 15 is 0 Å². The lowest BCUT2D eigenvalue weighted by atomic mass is 10.0. The molecule has 3 heterocycles. The summed E-state index contributed by atoms with van der Waals surface area (Å²) in [6.45, 7) is 2.13. The molecule has 10 nitrogen and oxygen atoms in total. The van der Waals surface area contributed by atoms with E-state index in [1.54, 1.807) is 12.3 Å². The van der Waals surface area contributed by atoms with Crippen LogP contribution in [0.1, 0.15) is 16.8 Å². The van der Waals surface area contributed by atoms with E-state index < -0.39 is 10.0 Å². The van der Waals surface area contributed by atoms with E-state index in [1.807, 2.05) is 6.07 Å². The molecule has 0 saturated carbocycles.